The molecule has 0 heterocycles. The summed E-state index contributed by atoms with van der Waals surface area (Å²) in [7, 11) is 1.37. The average molecular weight is 198 g/mol. The first-order valence-corrected chi connectivity index (χ1v) is 4.00. The first kappa shape index (κ1) is 10.6. The predicted octanol–water partition coefficient (Wildman–Crippen LogP) is 0.742. The zero-order valence-corrected chi connectivity index (χ0v) is 7.71. The number of Topliss-reactive ketones (excluding diaryl/α,β-unsaturated/α-hetero) is 1. The molecule has 5 heteroatoms. The monoisotopic (exact) mass is 198 g/mol. The quantitative estimate of drug-likeness (QED) is 0.425. The Morgan fingerprint density at radius 1 is 1.64 bits per heavy atom. The third kappa shape index (κ3) is 2.27. The van der Waals surface area contributed by atoms with Crippen LogP contribution in [-0.4, -0.2) is 19.4 Å². The predicted molar refractivity (Wildman–Crippen MR) is 50.2 cm³/mol. The topological polar surface area (TPSA) is 64.3 Å². The van der Waals surface area contributed by atoms with Crippen molar-refractivity contribution in [1.29, 1.82) is 0 Å². The highest BCUT2D eigenvalue weighted by Crippen LogP contribution is 2.15. The van der Waals surface area contributed by atoms with Crippen LogP contribution < -0.4 is 11.2 Å². The number of hydrogen-bond acceptors (Lipinski definition) is 4. The first-order chi connectivity index (χ1) is 6.66. The number of carbonyl (C=O) groups is 1. The summed E-state index contributed by atoms with van der Waals surface area (Å²) in [6, 6.07) is 4.12. The number of hydroxylamine groups is 1. The lowest BCUT2D eigenvalue weighted by molar-refractivity contribution is 0.0733. The largest absolute Gasteiger partial charge is 0.398 e. The van der Waals surface area contributed by atoms with Crippen LogP contribution in [0.25, 0.3) is 0 Å². The van der Waals surface area contributed by atoms with Gasteiger partial charge in [-0.3, -0.25) is 4.79 Å². The SMILES string of the molecule is CONCC(=O)c1c(N)cccc1F. The van der Waals surface area contributed by atoms with Crippen molar-refractivity contribution < 1.29 is 14.0 Å². The molecule has 0 atom stereocenters. The van der Waals surface area contributed by atoms with Crippen LogP contribution in [0, 0.1) is 5.82 Å². The minimum absolute atomic E-state index is 0.1000. The Hall–Kier alpha value is -1.46. The van der Waals surface area contributed by atoms with Crippen LogP contribution in [0.2, 0.25) is 0 Å². The van der Waals surface area contributed by atoms with Gasteiger partial charge in [-0.25, -0.2) is 4.39 Å². The zero-order chi connectivity index (χ0) is 10.6. The first-order valence-electron chi connectivity index (χ1n) is 4.00. The molecule has 0 saturated carbocycles. The Balaban J connectivity index is 2.89. The van der Waals surface area contributed by atoms with Crippen molar-refractivity contribution in [2.24, 2.45) is 0 Å². The fraction of sp³-hybridized carbons (Fsp3) is 0.222. The molecule has 1 aromatic carbocycles. The number of nitrogen functional groups attached to an aromatic ring is 1. The fourth-order valence-electron chi connectivity index (χ4n) is 1.06. The van der Waals surface area contributed by atoms with Gasteiger partial charge in [0, 0.05) is 5.69 Å². The third-order valence-corrected chi connectivity index (χ3v) is 1.70. The number of nitrogens with two attached hydrogens (primary N) is 1. The van der Waals surface area contributed by atoms with Crippen LogP contribution in [0.5, 0.6) is 0 Å². The molecular weight excluding hydrogens is 187 g/mol. The summed E-state index contributed by atoms with van der Waals surface area (Å²) in [6.07, 6.45) is 0. The Kier molecular flexibility index (Phi) is 3.55. The summed E-state index contributed by atoms with van der Waals surface area (Å²) in [5.41, 5.74) is 7.83. The van der Waals surface area contributed by atoms with E-state index < -0.39 is 11.6 Å². The molecule has 4 nitrogen and oxygen atoms in total. The maximum absolute atomic E-state index is 13.2. The lowest BCUT2D eigenvalue weighted by Crippen LogP contribution is -2.23. The van der Waals surface area contributed by atoms with Gasteiger partial charge < -0.3 is 10.6 Å². The maximum Gasteiger partial charge on any atom is 0.183 e. The number of rotatable bonds is 4. The third-order valence-electron chi connectivity index (χ3n) is 1.70. The summed E-state index contributed by atoms with van der Waals surface area (Å²) < 4.78 is 13.2. The summed E-state index contributed by atoms with van der Waals surface area (Å²) in [5.74, 6) is -1.06. The Morgan fingerprint density at radius 3 is 2.93 bits per heavy atom. The molecule has 0 unspecified atom stereocenters. The molecule has 76 valence electrons. The van der Waals surface area contributed by atoms with E-state index in [1.54, 1.807) is 0 Å². The van der Waals surface area contributed by atoms with Crippen LogP contribution in [-0.2, 0) is 4.84 Å². The normalized spacial score (nSPS) is 10.1. The molecule has 0 aliphatic heterocycles. The number of hydrogen-bond donors (Lipinski definition) is 2. The van der Waals surface area contributed by atoms with Crippen LogP contribution >= 0.6 is 0 Å². The van der Waals surface area contributed by atoms with Crippen LogP contribution in [0.1, 0.15) is 10.4 Å². The molecule has 0 saturated heterocycles. The zero-order valence-electron chi connectivity index (χ0n) is 7.71. The highest BCUT2D eigenvalue weighted by molar-refractivity contribution is 6.02. The van der Waals surface area contributed by atoms with Crippen molar-refractivity contribution in [3.63, 3.8) is 0 Å². The molecule has 3 N–H and O–H groups in total. The Labute approximate surface area is 80.8 Å². The molecule has 0 bridgehead atoms. The van der Waals surface area contributed by atoms with E-state index >= 15 is 0 Å². The highest BCUT2D eigenvalue weighted by Gasteiger charge is 2.14. The molecule has 0 amide bonds. The average Bonchev–Trinajstić information content (AvgIpc) is 2.14. The molecule has 0 spiro atoms. The van der Waals surface area contributed by atoms with E-state index in [9.17, 15) is 9.18 Å². The van der Waals surface area contributed by atoms with Crippen molar-refractivity contribution in [2.75, 3.05) is 19.4 Å². The number of benzene rings is 1. The molecule has 14 heavy (non-hydrogen) atoms. The van der Waals surface area contributed by atoms with Gasteiger partial charge in [0.05, 0.1) is 19.2 Å². The van der Waals surface area contributed by atoms with Gasteiger partial charge >= 0.3 is 0 Å². The van der Waals surface area contributed by atoms with E-state index in [-0.39, 0.29) is 17.8 Å². The van der Waals surface area contributed by atoms with Gasteiger partial charge in [0.2, 0.25) is 0 Å². The molecule has 0 aliphatic rings. The van der Waals surface area contributed by atoms with Crippen molar-refractivity contribution >= 4 is 11.5 Å². The van der Waals surface area contributed by atoms with Gasteiger partial charge in [0.15, 0.2) is 5.78 Å². The van der Waals surface area contributed by atoms with Crippen LogP contribution in [0.4, 0.5) is 10.1 Å². The summed E-state index contributed by atoms with van der Waals surface area (Å²) >= 11 is 0. The van der Waals surface area contributed by atoms with E-state index in [1.165, 1.54) is 25.3 Å². The standard InChI is InChI=1S/C9H11FN2O2/c1-14-12-5-8(13)9-6(10)3-2-4-7(9)11/h2-4,12H,5,11H2,1H3. The lowest BCUT2D eigenvalue weighted by Gasteiger charge is -2.05. The molecule has 1 rings (SSSR count). The van der Waals surface area contributed by atoms with Gasteiger partial charge in [-0.1, -0.05) is 6.07 Å². The molecule has 0 aliphatic carbocycles. The smallest absolute Gasteiger partial charge is 0.183 e. The molecular formula is C9H11FN2O2. The second-order valence-corrected chi connectivity index (χ2v) is 2.65. The van der Waals surface area contributed by atoms with Gasteiger partial charge in [0.1, 0.15) is 5.82 Å². The molecule has 1 aromatic rings. The van der Waals surface area contributed by atoms with Crippen molar-refractivity contribution in [2.45, 2.75) is 0 Å². The number of carbonyl (C=O) groups excluding carboxylic acids is 1. The summed E-state index contributed by atoms with van der Waals surface area (Å²) in [6.45, 7) is -0.109. The number of ketones is 1. The fourth-order valence-corrected chi connectivity index (χ4v) is 1.06. The van der Waals surface area contributed by atoms with Crippen molar-refractivity contribution in [1.82, 2.24) is 5.48 Å². The van der Waals surface area contributed by atoms with Gasteiger partial charge in [0.25, 0.3) is 0 Å². The van der Waals surface area contributed by atoms with E-state index in [0.29, 0.717) is 0 Å². The van der Waals surface area contributed by atoms with Crippen LogP contribution in [0.15, 0.2) is 18.2 Å². The van der Waals surface area contributed by atoms with E-state index in [2.05, 4.69) is 10.3 Å². The highest BCUT2D eigenvalue weighted by atomic mass is 19.1. The van der Waals surface area contributed by atoms with E-state index in [1.807, 2.05) is 0 Å². The number of nitrogens with one attached hydrogen (secondary N) is 1. The van der Waals surface area contributed by atoms with Gasteiger partial charge in [-0.15, -0.1) is 0 Å². The van der Waals surface area contributed by atoms with E-state index in [0.717, 1.165) is 0 Å². The number of halogens is 1. The summed E-state index contributed by atoms with van der Waals surface area (Å²) in [4.78, 5) is 15.9. The number of anilines is 1. The molecule has 0 radical (unpaired) electrons. The van der Waals surface area contributed by atoms with E-state index in [4.69, 9.17) is 5.73 Å². The molecule has 0 fully saturated rings. The van der Waals surface area contributed by atoms with Gasteiger partial charge in [-0.05, 0) is 12.1 Å². The lowest BCUT2D eigenvalue weighted by atomic mass is 10.1. The maximum atomic E-state index is 13.2. The Bertz CT molecular complexity index is 321. The minimum Gasteiger partial charge on any atom is -0.398 e. The van der Waals surface area contributed by atoms with Gasteiger partial charge in [-0.2, -0.15) is 5.48 Å². The minimum atomic E-state index is -0.618. The van der Waals surface area contributed by atoms with Crippen molar-refractivity contribution in [3.8, 4) is 0 Å². The van der Waals surface area contributed by atoms with Crippen LogP contribution in [0.3, 0.4) is 0 Å². The second-order valence-electron chi connectivity index (χ2n) is 2.65. The molecule has 0 aromatic heterocycles. The second kappa shape index (κ2) is 4.69. The van der Waals surface area contributed by atoms with Crippen molar-refractivity contribution in [3.05, 3.63) is 29.6 Å². The Morgan fingerprint density at radius 2 is 2.36 bits per heavy atom. The summed E-state index contributed by atoms with van der Waals surface area (Å²) in [5, 5.41) is 0.